The maximum atomic E-state index is 11.5. The van der Waals surface area contributed by atoms with Crippen molar-refractivity contribution in [1.29, 1.82) is 0 Å². The van der Waals surface area contributed by atoms with Crippen LogP contribution in [0.3, 0.4) is 0 Å². The van der Waals surface area contributed by atoms with Crippen molar-refractivity contribution < 1.29 is 13.7 Å². The molecule has 2 atom stereocenters. The van der Waals surface area contributed by atoms with Gasteiger partial charge in [0.1, 0.15) is 0 Å². The highest BCUT2D eigenvalue weighted by molar-refractivity contribution is 7.85. The van der Waals surface area contributed by atoms with Crippen molar-refractivity contribution in [2.24, 2.45) is 5.92 Å². The van der Waals surface area contributed by atoms with Crippen molar-refractivity contribution >= 4 is 16.8 Å². The molecule has 0 saturated heterocycles. The van der Waals surface area contributed by atoms with Crippen LogP contribution in [0.4, 0.5) is 0 Å². The van der Waals surface area contributed by atoms with E-state index in [4.69, 9.17) is 0 Å². The van der Waals surface area contributed by atoms with Crippen LogP contribution in [0.2, 0.25) is 0 Å². The van der Waals surface area contributed by atoms with Crippen LogP contribution in [0.25, 0.3) is 0 Å². The van der Waals surface area contributed by atoms with Gasteiger partial charge in [-0.05, 0) is 14.1 Å². The third-order valence-electron chi connectivity index (χ3n) is 1.81. The van der Waals surface area contributed by atoms with Crippen molar-refractivity contribution in [3.8, 4) is 0 Å². The van der Waals surface area contributed by atoms with Gasteiger partial charge in [0.05, 0.1) is 13.0 Å². The molecule has 4 nitrogen and oxygen atoms in total. The molecule has 0 aromatic rings. The number of hydrogen-bond donors (Lipinski definition) is 0. The van der Waals surface area contributed by atoms with Gasteiger partial charge < -0.3 is 9.64 Å². The predicted octanol–water partition coefficient (Wildman–Crippen LogP) is 0.106. The number of ether oxygens (including phenoxy) is 1. The Bertz CT molecular complexity index is 206. The summed E-state index contributed by atoms with van der Waals surface area (Å²) in [4.78, 5) is 13.0. The van der Waals surface area contributed by atoms with Gasteiger partial charge in [-0.2, -0.15) is 0 Å². The largest absolute Gasteiger partial charge is 0.469 e. The SMILES string of the molecule is COC(=O)C(C)CS(=O)CCN(C)C. The second-order valence-corrected chi connectivity index (χ2v) is 5.16. The zero-order valence-electron chi connectivity index (χ0n) is 9.28. The molecule has 0 aliphatic heterocycles. The topological polar surface area (TPSA) is 46.6 Å². The van der Waals surface area contributed by atoms with Gasteiger partial charge >= 0.3 is 5.97 Å². The average molecular weight is 221 g/mol. The quantitative estimate of drug-likeness (QED) is 0.597. The highest BCUT2D eigenvalue weighted by atomic mass is 32.2. The summed E-state index contributed by atoms with van der Waals surface area (Å²) >= 11 is 0. The van der Waals surface area contributed by atoms with E-state index < -0.39 is 10.8 Å². The van der Waals surface area contributed by atoms with Crippen LogP contribution in [-0.4, -0.2) is 54.3 Å². The van der Waals surface area contributed by atoms with Gasteiger partial charge in [0, 0.05) is 28.9 Å². The van der Waals surface area contributed by atoms with E-state index >= 15 is 0 Å². The molecule has 0 fully saturated rings. The lowest BCUT2D eigenvalue weighted by molar-refractivity contribution is -0.144. The van der Waals surface area contributed by atoms with Gasteiger partial charge in [0.25, 0.3) is 0 Å². The Morgan fingerprint density at radius 3 is 2.50 bits per heavy atom. The maximum absolute atomic E-state index is 11.5. The smallest absolute Gasteiger partial charge is 0.309 e. The Morgan fingerprint density at radius 1 is 1.50 bits per heavy atom. The van der Waals surface area contributed by atoms with E-state index in [-0.39, 0.29) is 11.9 Å². The van der Waals surface area contributed by atoms with E-state index in [9.17, 15) is 9.00 Å². The van der Waals surface area contributed by atoms with E-state index in [2.05, 4.69) is 4.74 Å². The van der Waals surface area contributed by atoms with Crippen LogP contribution in [0.5, 0.6) is 0 Å². The molecule has 0 saturated carbocycles. The first-order chi connectivity index (χ1) is 6.47. The van der Waals surface area contributed by atoms with Gasteiger partial charge in [-0.1, -0.05) is 6.92 Å². The number of rotatable bonds is 6. The minimum Gasteiger partial charge on any atom is -0.469 e. The van der Waals surface area contributed by atoms with Crippen LogP contribution in [0.15, 0.2) is 0 Å². The van der Waals surface area contributed by atoms with Crippen LogP contribution in [0.1, 0.15) is 6.92 Å². The summed E-state index contributed by atoms with van der Waals surface area (Å²) in [6.45, 7) is 2.51. The van der Waals surface area contributed by atoms with Gasteiger partial charge in [-0.15, -0.1) is 0 Å². The van der Waals surface area contributed by atoms with Crippen molar-refractivity contribution in [1.82, 2.24) is 4.90 Å². The summed E-state index contributed by atoms with van der Waals surface area (Å²) in [5, 5.41) is 0. The van der Waals surface area contributed by atoms with Crippen molar-refractivity contribution in [2.45, 2.75) is 6.92 Å². The van der Waals surface area contributed by atoms with Gasteiger partial charge in [-0.3, -0.25) is 9.00 Å². The van der Waals surface area contributed by atoms with Crippen molar-refractivity contribution in [3.63, 3.8) is 0 Å². The standard InChI is InChI=1S/C9H19NO3S/c1-8(9(11)13-4)7-14(12)6-5-10(2)3/h8H,5-7H2,1-4H3. The molecule has 14 heavy (non-hydrogen) atoms. The molecule has 0 spiro atoms. The van der Waals surface area contributed by atoms with Crippen LogP contribution in [-0.2, 0) is 20.3 Å². The fraction of sp³-hybridized carbons (Fsp3) is 0.889. The summed E-state index contributed by atoms with van der Waals surface area (Å²) in [5.74, 6) is 0.431. The molecule has 0 aromatic heterocycles. The number of nitrogens with zero attached hydrogens (tertiary/aromatic N) is 1. The third kappa shape index (κ3) is 6.10. The lowest BCUT2D eigenvalue weighted by Gasteiger charge is -2.11. The Balaban J connectivity index is 3.77. The lowest BCUT2D eigenvalue weighted by Crippen LogP contribution is -2.25. The first-order valence-corrected chi connectivity index (χ1v) is 6.03. The molecule has 2 unspecified atom stereocenters. The van der Waals surface area contributed by atoms with Crippen LogP contribution < -0.4 is 0 Å². The van der Waals surface area contributed by atoms with E-state index in [0.29, 0.717) is 11.5 Å². The van der Waals surface area contributed by atoms with E-state index in [1.54, 1.807) is 6.92 Å². The molecule has 0 rings (SSSR count). The summed E-state index contributed by atoms with van der Waals surface area (Å²) in [7, 11) is 4.28. The van der Waals surface area contributed by atoms with Crippen molar-refractivity contribution in [2.75, 3.05) is 39.3 Å². The monoisotopic (exact) mass is 221 g/mol. The minimum atomic E-state index is -0.935. The lowest BCUT2D eigenvalue weighted by atomic mass is 10.2. The molecule has 0 amide bonds. The van der Waals surface area contributed by atoms with Crippen molar-refractivity contribution in [3.05, 3.63) is 0 Å². The summed E-state index contributed by atoms with van der Waals surface area (Å²) < 4.78 is 16.0. The molecule has 0 radical (unpaired) electrons. The van der Waals surface area contributed by atoms with Crippen LogP contribution in [0, 0.1) is 5.92 Å². The van der Waals surface area contributed by atoms with Gasteiger partial charge in [0.2, 0.25) is 0 Å². The Hall–Kier alpha value is -0.420. The molecule has 84 valence electrons. The maximum Gasteiger partial charge on any atom is 0.309 e. The zero-order chi connectivity index (χ0) is 11.1. The summed E-state index contributed by atoms with van der Waals surface area (Å²) in [5.41, 5.74) is 0. The second kappa shape index (κ2) is 6.95. The van der Waals surface area contributed by atoms with Gasteiger partial charge in [-0.25, -0.2) is 0 Å². The molecular formula is C9H19NO3S. The summed E-state index contributed by atoms with van der Waals surface area (Å²) in [6.07, 6.45) is 0. The molecular weight excluding hydrogens is 202 g/mol. The number of esters is 1. The molecule has 5 heteroatoms. The Labute approximate surface area is 88.1 Å². The molecule has 0 N–H and O–H groups in total. The molecule has 0 aliphatic rings. The number of carbonyl (C=O) groups is 1. The number of carbonyl (C=O) groups excluding carboxylic acids is 1. The van der Waals surface area contributed by atoms with Gasteiger partial charge in [0.15, 0.2) is 0 Å². The molecule has 0 heterocycles. The highest BCUT2D eigenvalue weighted by Gasteiger charge is 2.16. The number of hydrogen-bond acceptors (Lipinski definition) is 4. The predicted molar refractivity (Wildman–Crippen MR) is 57.6 cm³/mol. The molecule has 0 aliphatic carbocycles. The third-order valence-corrected chi connectivity index (χ3v) is 3.32. The summed E-state index contributed by atoms with van der Waals surface area (Å²) in [6, 6.07) is 0. The van der Waals surface area contributed by atoms with Crippen LogP contribution >= 0.6 is 0 Å². The first kappa shape index (κ1) is 13.6. The second-order valence-electron chi connectivity index (χ2n) is 3.54. The average Bonchev–Trinajstić information content (AvgIpc) is 2.13. The fourth-order valence-corrected chi connectivity index (χ4v) is 2.35. The first-order valence-electron chi connectivity index (χ1n) is 4.55. The van der Waals surface area contributed by atoms with E-state index in [1.165, 1.54) is 7.11 Å². The normalized spacial score (nSPS) is 15.2. The zero-order valence-corrected chi connectivity index (χ0v) is 10.1. The highest BCUT2D eigenvalue weighted by Crippen LogP contribution is 2.01. The van der Waals surface area contributed by atoms with E-state index in [1.807, 2.05) is 19.0 Å². The van der Waals surface area contributed by atoms with E-state index in [0.717, 1.165) is 6.54 Å². The fourth-order valence-electron chi connectivity index (χ4n) is 0.916. The number of methoxy groups -OCH3 is 1. The molecule has 0 bridgehead atoms. The minimum absolute atomic E-state index is 0.275. The Morgan fingerprint density at radius 2 is 2.07 bits per heavy atom. The molecule has 0 aromatic carbocycles. The Kier molecular flexibility index (Phi) is 6.74.